The molecule has 1 aromatic carbocycles. The average Bonchev–Trinajstić information content (AvgIpc) is 2.88. The van der Waals surface area contributed by atoms with E-state index in [-0.39, 0.29) is 18.8 Å². The van der Waals surface area contributed by atoms with Gasteiger partial charge in [0.05, 0.1) is 6.04 Å². The summed E-state index contributed by atoms with van der Waals surface area (Å²) in [5.74, 6) is -4.86. The zero-order chi connectivity index (χ0) is 28.7. The average molecular weight is 536 g/mol. The van der Waals surface area contributed by atoms with Crippen molar-refractivity contribution in [2.24, 2.45) is 17.4 Å². The molecule has 1 rings (SSSR count). The normalized spacial score (nSPS) is 14.8. The highest BCUT2D eigenvalue weighted by atomic mass is 16.4. The molecule has 0 aromatic heterocycles. The summed E-state index contributed by atoms with van der Waals surface area (Å²) in [5, 5.41) is 26.3. The van der Waals surface area contributed by atoms with E-state index in [0.717, 1.165) is 0 Å². The number of amides is 3. The van der Waals surface area contributed by atoms with Gasteiger partial charge in [-0.2, -0.15) is 0 Å². The number of hydrogen-bond acceptors (Lipinski definition) is 7. The number of unbranched alkanes of at least 4 members (excludes halogenated alkanes) is 1. The van der Waals surface area contributed by atoms with Crippen LogP contribution in [0.5, 0.6) is 0 Å². The van der Waals surface area contributed by atoms with Gasteiger partial charge in [-0.1, -0.05) is 57.0 Å². The number of aliphatic carboxylic acids is 2. The Bertz CT molecular complexity index is 928. The largest absolute Gasteiger partial charge is 0.481 e. The molecular weight excluding hydrogens is 494 g/mol. The molecule has 5 unspecified atom stereocenters. The van der Waals surface area contributed by atoms with Crippen molar-refractivity contribution in [1.29, 1.82) is 0 Å². The lowest BCUT2D eigenvalue weighted by Gasteiger charge is -2.28. The Balaban J connectivity index is 3.01. The van der Waals surface area contributed by atoms with E-state index in [1.54, 1.807) is 44.2 Å². The van der Waals surface area contributed by atoms with E-state index >= 15 is 0 Å². The Hall–Kier alpha value is -3.51. The highest BCUT2D eigenvalue weighted by Crippen LogP contribution is 2.11. The Morgan fingerprint density at radius 3 is 2.05 bits per heavy atom. The van der Waals surface area contributed by atoms with Crippen LogP contribution in [0, 0.1) is 5.92 Å². The van der Waals surface area contributed by atoms with Crippen LogP contribution in [0.25, 0.3) is 0 Å². The summed E-state index contributed by atoms with van der Waals surface area (Å²) in [5.41, 5.74) is 12.1. The van der Waals surface area contributed by atoms with Gasteiger partial charge in [-0.3, -0.25) is 19.2 Å². The van der Waals surface area contributed by atoms with Crippen LogP contribution in [0.3, 0.4) is 0 Å². The van der Waals surface area contributed by atoms with Crippen LogP contribution >= 0.6 is 0 Å². The highest BCUT2D eigenvalue weighted by Gasteiger charge is 2.33. The maximum absolute atomic E-state index is 13.1. The molecule has 212 valence electrons. The van der Waals surface area contributed by atoms with E-state index < -0.39 is 60.2 Å². The number of hydrogen-bond donors (Lipinski definition) is 7. The third-order valence-corrected chi connectivity index (χ3v) is 6.28. The summed E-state index contributed by atoms with van der Waals surface area (Å²) in [6.45, 7) is 3.97. The molecule has 0 radical (unpaired) electrons. The molecule has 0 saturated heterocycles. The van der Waals surface area contributed by atoms with Gasteiger partial charge in [0.2, 0.25) is 17.7 Å². The summed E-state index contributed by atoms with van der Waals surface area (Å²) in [6.07, 6.45) is 1.53. The molecule has 1 aromatic rings. The first-order valence-corrected chi connectivity index (χ1v) is 12.8. The lowest BCUT2D eigenvalue weighted by atomic mass is 9.96. The Morgan fingerprint density at radius 1 is 0.868 bits per heavy atom. The second-order valence-electron chi connectivity index (χ2n) is 9.35. The van der Waals surface area contributed by atoms with Gasteiger partial charge in [0.1, 0.15) is 18.1 Å². The molecule has 0 aliphatic rings. The van der Waals surface area contributed by atoms with Crippen LogP contribution in [0.2, 0.25) is 0 Å². The van der Waals surface area contributed by atoms with Crippen molar-refractivity contribution in [3.8, 4) is 0 Å². The van der Waals surface area contributed by atoms with E-state index in [9.17, 15) is 29.1 Å². The molecule has 0 saturated carbocycles. The number of carbonyl (C=O) groups excluding carboxylic acids is 3. The maximum Gasteiger partial charge on any atom is 0.326 e. The second-order valence-corrected chi connectivity index (χ2v) is 9.35. The summed E-state index contributed by atoms with van der Waals surface area (Å²) in [7, 11) is 0. The predicted molar refractivity (Wildman–Crippen MR) is 141 cm³/mol. The zero-order valence-electron chi connectivity index (χ0n) is 22.0. The number of benzene rings is 1. The minimum Gasteiger partial charge on any atom is -0.481 e. The minimum absolute atomic E-state index is 0.0441. The number of rotatable bonds is 18. The Morgan fingerprint density at radius 2 is 1.50 bits per heavy atom. The fourth-order valence-electron chi connectivity index (χ4n) is 3.72. The highest BCUT2D eigenvalue weighted by molar-refractivity contribution is 5.94. The molecule has 0 fully saturated rings. The molecule has 0 bridgehead atoms. The number of nitrogens with two attached hydrogens (primary N) is 2. The molecule has 0 aliphatic heterocycles. The molecule has 3 amide bonds. The van der Waals surface area contributed by atoms with Gasteiger partial charge in [-0.15, -0.1) is 0 Å². The number of nitrogens with one attached hydrogen (secondary N) is 3. The Labute approximate surface area is 222 Å². The molecular formula is C26H41N5O7. The molecule has 12 nitrogen and oxygen atoms in total. The van der Waals surface area contributed by atoms with Crippen LogP contribution in [0.15, 0.2) is 30.3 Å². The van der Waals surface area contributed by atoms with Crippen molar-refractivity contribution in [2.75, 3.05) is 6.54 Å². The van der Waals surface area contributed by atoms with Gasteiger partial charge in [0, 0.05) is 12.8 Å². The summed E-state index contributed by atoms with van der Waals surface area (Å²) in [6, 6.07) is 4.28. The van der Waals surface area contributed by atoms with Crippen molar-refractivity contribution >= 4 is 29.7 Å². The fourth-order valence-corrected chi connectivity index (χ4v) is 3.72. The number of carbonyl (C=O) groups is 5. The van der Waals surface area contributed by atoms with Gasteiger partial charge in [-0.25, -0.2) is 4.79 Å². The first-order valence-electron chi connectivity index (χ1n) is 12.8. The van der Waals surface area contributed by atoms with E-state index in [4.69, 9.17) is 16.6 Å². The Kier molecular flexibility index (Phi) is 14.6. The maximum atomic E-state index is 13.1. The fraction of sp³-hybridized carbons (Fsp3) is 0.577. The molecule has 38 heavy (non-hydrogen) atoms. The van der Waals surface area contributed by atoms with Crippen molar-refractivity contribution < 1.29 is 34.2 Å². The predicted octanol–water partition coefficient (Wildman–Crippen LogP) is 0.135. The summed E-state index contributed by atoms with van der Waals surface area (Å²) >= 11 is 0. The van der Waals surface area contributed by atoms with Crippen molar-refractivity contribution in [3.63, 3.8) is 0 Å². The summed E-state index contributed by atoms with van der Waals surface area (Å²) in [4.78, 5) is 61.8. The molecule has 12 heteroatoms. The van der Waals surface area contributed by atoms with Gasteiger partial charge >= 0.3 is 11.9 Å². The number of carboxylic acid groups (broad SMARTS) is 2. The van der Waals surface area contributed by atoms with Crippen LogP contribution in [0.1, 0.15) is 57.9 Å². The zero-order valence-corrected chi connectivity index (χ0v) is 22.0. The molecule has 9 N–H and O–H groups in total. The van der Waals surface area contributed by atoms with Crippen molar-refractivity contribution in [1.82, 2.24) is 16.0 Å². The van der Waals surface area contributed by atoms with Crippen molar-refractivity contribution in [3.05, 3.63) is 35.9 Å². The van der Waals surface area contributed by atoms with E-state index in [0.29, 0.717) is 37.8 Å². The standard InChI is InChI=1S/C26H41N5O7/c1-3-16(2)22(25(36)30-20(26(37)38)15-17-9-5-4-6-10-17)31-24(35)19(12-13-21(32)33)29-23(34)18(28)11-7-8-14-27/h4-6,9-10,16,18-20,22H,3,7-8,11-15,27-28H2,1-2H3,(H,29,34)(H,30,36)(H,31,35)(H,32,33)(H,37,38). The molecule has 0 spiro atoms. The second kappa shape index (κ2) is 17.1. The van der Waals surface area contributed by atoms with Gasteiger partial charge in [0.25, 0.3) is 0 Å². The quantitative estimate of drug-likeness (QED) is 0.127. The topological polar surface area (TPSA) is 214 Å². The lowest BCUT2D eigenvalue weighted by Crippen LogP contribution is -2.58. The number of carboxylic acids is 2. The molecule has 5 atom stereocenters. The smallest absolute Gasteiger partial charge is 0.326 e. The van der Waals surface area contributed by atoms with Crippen LogP contribution in [-0.4, -0.2) is 70.6 Å². The first-order chi connectivity index (χ1) is 18.0. The van der Waals surface area contributed by atoms with Crippen LogP contribution < -0.4 is 27.4 Å². The molecule has 0 heterocycles. The molecule has 0 aliphatic carbocycles. The lowest BCUT2D eigenvalue weighted by molar-refractivity contribution is -0.142. The van der Waals surface area contributed by atoms with E-state index in [1.807, 2.05) is 0 Å². The van der Waals surface area contributed by atoms with Crippen LogP contribution in [-0.2, 0) is 30.4 Å². The SMILES string of the molecule is CCC(C)C(NC(=O)C(CCC(=O)O)NC(=O)C(N)CCCCN)C(=O)NC(Cc1ccccc1)C(=O)O. The first kappa shape index (κ1) is 32.5. The van der Waals surface area contributed by atoms with Crippen molar-refractivity contribution in [2.45, 2.75) is 83.0 Å². The van der Waals surface area contributed by atoms with E-state index in [2.05, 4.69) is 16.0 Å². The van der Waals surface area contributed by atoms with Gasteiger partial charge in [-0.05, 0) is 37.3 Å². The third-order valence-electron chi connectivity index (χ3n) is 6.28. The van der Waals surface area contributed by atoms with Crippen LogP contribution in [0.4, 0.5) is 0 Å². The van der Waals surface area contributed by atoms with Gasteiger partial charge < -0.3 is 37.6 Å². The van der Waals surface area contributed by atoms with Gasteiger partial charge in [0.15, 0.2) is 0 Å². The summed E-state index contributed by atoms with van der Waals surface area (Å²) < 4.78 is 0. The van der Waals surface area contributed by atoms with E-state index in [1.165, 1.54) is 0 Å². The monoisotopic (exact) mass is 535 g/mol. The minimum atomic E-state index is -1.25. The third kappa shape index (κ3) is 11.7.